The second-order valence-corrected chi connectivity index (χ2v) is 5.18. The van der Waals surface area contributed by atoms with Crippen molar-refractivity contribution in [3.63, 3.8) is 0 Å². The van der Waals surface area contributed by atoms with E-state index in [4.69, 9.17) is 10.6 Å². The van der Waals surface area contributed by atoms with Crippen molar-refractivity contribution in [2.45, 2.75) is 38.5 Å². The summed E-state index contributed by atoms with van der Waals surface area (Å²) in [5, 5.41) is 3.96. The van der Waals surface area contributed by atoms with Crippen molar-refractivity contribution in [3.05, 3.63) is 29.3 Å². The molecule has 1 aromatic carbocycles. The number of hydrogen-bond acceptors (Lipinski definition) is 6. The zero-order valence-corrected chi connectivity index (χ0v) is 13.0. The number of nitrogens with two attached hydrogens (primary N) is 1. The van der Waals surface area contributed by atoms with Gasteiger partial charge < -0.3 is 14.4 Å². The summed E-state index contributed by atoms with van der Waals surface area (Å²) in [6.45, 7) is 1.95. The van der Waals surface area contributed by atoms with Gasteiger partial charge in [-0.3, -0.25) is 0 Å². The zero-order valence-electron chi connectivity index (χ0n) is 13.0. The molecule has 0 bridgehead atoms. The highest BCUT2D eigenvalue weighted by atomic mass is 16.7. The number of fused-ring (bicyclic) bond motifs is 1. The zero-order chi connectivity index (χ0) is 15.9. The van der Waals surface area contributed by atoms with Gasteiger partial charge in [-0.05, 0) is 42.9 Å². The molecule has 0 saturated carbocycles. The average Bonchev–Trinajstić information content (AvgIpc) is 2.57. The van der Waals surface area contributed by atoms with Crippen molar-refractivity contribution in [1.82, 2.24) is 0 Å². The number of nitrogens with zero attached hydrogens (tertiary/aromatic N) is 1. The number of methoxy groups -OCH3 is 1. The Morgan fingerprint density at radius 3 is 2.95 bits per heavy atom. The third-order valence-corrected chi connectivity index (χ3v) is 3.97. The lowest BCUT2D eigenvalue weighted by molar-refractivity contribution is -0.142. The van der Waals surface area contributed by atoms with Crippen molar-refractivity contribution < 1.29 is 19.2 Å². The van der Waals surface area contributed by atoms with Gasteiger partial charge in [0.2, 0.25) is 0 Å². The van der Waals surface area contributed by atoms with Crippen molar-refractivity contribution in [2.24, 2.45) is 11.1 Å². The molecule has 6 nitrogen and oxygen atoms in total. The van der Waals surface area contributed by atoms with E-state index in [0.717, 1.165) is 42.7 Å². The minimum atomic E-state index is -0.391. The summed E-state index contributed by atoms with van der Waals surface area (Å²) in [4.78, 5) is 15.7. The number of carbonyl (C=O) groups excluding carboxylic acids is 1. The standard InChI is InChI=1S/C16H22N2O4/c1-3-14(18-22-17)12-7-4-8-13-11(12)6-5-9-15(13)21-10-16(19)20-2/h5-6,9,12H,3-4,7-8,10,17H2,1-2H3/b18-14+. The summed E-state index contributed by atoms with van der Waals surface area (Å²) >= 11 is 0. The summed E-state index contributed by atoms with van der Waals surface area (Å²) in [6, 6.07) is 5.89. The molecule has 1 aromatic rings. The van der Waals surface area contributed by atoms with Crippen LogP contribution in [0.1, 0.15) is 43.2 Å². The first-order chi connectivity index (χ1) is 10.7. The number of benzene rings is 1. The average molecular weight is 306 g/mol. The minimum Gasteiger partial charge on any atom is -0.482 e. The van der Waals surface area contributed by atoms with E-state index >= 15 is 0 Å². The molecule has 0 fully saturated rings. The van der Waals surface area contributed by atoms with E-state index < -0.39 is 5.97 Å². The maximum Gasteiger partial charge on any atom is 0.343 e. The number of esters is 1. The molecule has 2 N–H and O–H groups in total. The minimum absolute atomic E-state index is 0.0851. The predicted octanol–water partition coefficient (Wildman–Crippen LogP) is 2.31. The van der Waals surface area contributed by atoms with Gasteiger partial charge in [0, 0.05) is 5.92 Å². The summed E-state index contributed by atoms with van der Waals surface area (Å²) in [5.74, 6) is 5.62. The number of hydrogen-bond donors (Lipinski definition) is 1. The molecule has 0 aromatic heterocycles. The Kier molecular flexibility index (Phi) is 5.77. The fourth-order valence-corrected chi connectivity index (χ4v) is 2.93. The molecule has 0 amide bonds. The molecule has 22 heavy (non-hydrogen) atoms. The van der Waals surface area contributed by atoms with Crippen LogP contribution in [0.4, 0.5) is 0 Å². The smallest absolute Gasteiger partial charge is 0.343 e. The lowest BCUT2D eigenvalue weighted by Gasteiger charge is -2.27. The van der Waals surface area contributed by atoms with Crippen LogP contribution in [-0.2, 0) is 20.9 Å². The van der Waals surface area contributed by atoms with E-state index in [1.807, 2.05) is 19.1 Å². The highest BCUT2D eigenvalue weighted by molar-refractivity contribution is 5.91. The third-order valence-electron chi connectivity index (χ3n) is 3.97. The lowest BCUT2D eigenvalue weighted by atomic mass is 9.79. The van der Waals surface area contributed by atoms with Crippen LogP contribution in [-0.4, -0.2) is 25.4 Å². The summed E-state index contributed by atoms with van der Waals surface area (Å²) < 4.78 is 10.2. The van der Waals surface area contributed by atoms with E-state index in [0.29, 0.717) is 0 Å². The van der Waals surface area contributed by atoms with E-state index in [9.17, 15) is 4.79 Å². The van der Waals surface area contributed by atoms with Gasteiger partial charge in [0.15, 0.2) is 6.61 Å². The van der Waals surface area contributed by atoms with E-state index in [-0.39, 0.29) is 12.5 Å². The summed E-state index contributed by atoms with van der Waals surface area (Å²) in [5.41, 5.74) is 3.22. The first-order valence-electron chi connectivity index (χ1n) is 7.45. The molecule has 1 atom stereocenters. The lowest BCUT2D eigenvalue weighted by Crippen LogP contribution is -2.20. The summed E-state index contributed by atoms with van der Waals surface area (Å²) in [6.07, 6.45) is 3.72. The second-order valence-electron chi connectivity index (χ2n) is 5.18. The molecule has 1 aliphatic carbocycles. The van der Waals surface area contributed by atoms with Gasteiger partial charge in [0.1, 0.15) is 5.75 Å². The Labute approximate surface area is 130 Å². The van der Waals surface area contributed by atoms with Gasteiger partial charge in [0.05, 0.1) is 12.8 Å². The number of rotatable bonds is 6. The van der Waals surface area contributed by atoms with Crippen LogP contribution in [0.2, 0.25) is 0 Å². The fourth-order valence-electron chi connectivity index (χ4n) is 2.93. The fraction of sp³-hybridized carbons (Fsp3) is 0.500. The van der Waals surface area contributed by atoms with Crippen molar-refractivity contribution in [3.8, 4) is 5.75 Å². The first-order valence-corrected chi connectivity index (χ1v) is 7.45. The van der Waals surface area contributed by atoms with Crippen LogP contribution in [0, 0.1) is 0 Å². The van der Waals surface area contributed by atoms with Crippen LogP contribution in [0.25, 0.3) is 0 Å². The van der Waals surface area contributed by atoms with E-state index in [1.165, 1.54) is 12.7 Å². The Morgan fingerprint density at radius 1 is 1.45 bits per heavy atom. The van der Waals surface area contributed by atoms with Crippen LogP contribution < -0.4 is 10.6 Å². The molecule has 1 aliphatic rings. The van der Waals surface area contributed by atoms with Crippen molar-refractivity contribution in [1.29, 1.82) is 0 Å². The van der Waals surface area contributed by atoms with Gasteiger partial charge in [-0.2, -0.15) is 0 Å². The highest BCUT2D eigenvalue weighted by Gasteiger charge is 2.26. The largest absolute Gasteiger partial charge is 0.482 e. The molecular weight excluding hydrogens is 284 g/mol. The molecule has 120 valence electrons. The molecule has 6 heteroatoms. The maximum absolute atomic E-state index is 11.3. The second kappa shape index (κ2) is 7.79. The van der Waals surface area contributed by atoms with Gasteiger partial charge in [0.25, 0.3) is 0 Å². The first kappa shape index (κ1) is 16.3. The Balaban J connectivity index is 2.28. The maximum atomic E-state index is 11.3. The van der Waals surface area contributed by atoms with Crippen LogP contribution in [0.3, 0.4) is 0 Å². The molecule has 0 aliphatic heterocycles. The normalized spacial score (nSPS) is 17.6. The molecule has 0 saturated heterocycles. The molecule has 0 radical (unpaired) electrons. The third kappa shape index (κ3) is 3.57. The summed E-state index contributed by atoms with van der Waals surface area (Å²) in [7, 11) is 1.35. The molecule has 0 spiro atoms. The van der Waals surface area contributed by atoms with Gasteiger partial charge in [-0.15, -0.1) is 5.90 Å². The van der Waals surface area contributed by atoms with Gasteiger partial charge in [-0.1, -0.05) is 24.2 Å². The number of oxime groups is 1. The molecule has 1 unspecified atom stereocenters. The number of carbonyl (C=O) groups is 1. The van der Waals surface area contributed by atoms with E-state index in [1.54, 1.807) is 0 Å². The van der Waals surface area contributed by atoms with E-state index in [2.05, 4.69) is 20.9 Å². The highest BCUT2D eigenvalue weighted by Crippen LogP contribution is 2.38. The Bertz CT molecular complexity index is 557. The number of ether oxygens (including phenoxy) is 2. The SMILES string of the molecule is CC/C(=N\ON)C1CCCc2c(OCC(=O)OC)cccc21. The van der Waals surface area contributed by atoms with Crippen molar-refractivity contribution >= 4 is 11.7 Å². The van der Waals surface area contributed by atoms with Crippen LogP contribution >= 0.6 is 0 Å². The molecular formula is C16H22N2O4. The van der Waals surface area contributed by atoms with Crippen molar-refractivity contribution in [2.75, 3.05) is 13.7 Å². The van der Waals surface area contributed by atoms with Crippen LogP contribution in [0.5, 0.6) is 5.75 Å². The van der Waals surface area contributed by atoms with Crippen LogP contribution in [0.15, 0.2) is 23.4 Å². The van der Waals surface area contributed by atoms with Gasteiger partial charge >= 0.3 is 5.97 Å². The molecule has 2 rings (SSSR count). The van der Waals surface area contributed by atoms with Gasteiger partial charge in [-0.25, -0.2) is 4.79 Å². The Hall–Kier alpha value is -2.08. The predicted molar refractivity (Wildman–Crippen MR) is 82.6 cm³/mol. The Morgan fingerprint density at radius 2 is 2.27 bits per heavy atom. The quantitative estimate of drug-likeness (QED) is 0.495. The molecule has 0 heterocycles. The topological polar surface area (TPSA) is 83.1 Å². The monoisotopic (exact) mass is 306 g/mol.